The second-order valence-electron chi connectivity index (χ2n) is 29.5. The number of amides is 1. The van der Waals surface area contributed by atoms with E-state index in [0.717, 1.165) is 38.5 Å². The lowest BCUT2D eigenvalue weighted by Gasteiger charge is -2.20. The molecule has 3 N–H and O–H groups in total. The SMILES string of the molecule is CCCCCCCC/C=C\CCCCCCCCCCCC(=O)OCCCCCCCCCCCCCC/C=C\CCCCCCCCCCCCCCCCCCCC(=O)NC(CO)C(O)/C=C/CCCCCCCCCCCCCCCCCCCCCCCC. The molecule has 0 bridgehead atoms. The van der Waals surface area contributed by atoms with Crippen molar-refractivity contribution in [3.05, 3.63) is 36.5 Å². The van der Waals surface area contributed by atoms with Gasteiger partial charge in [-0.3, -0.25) is 9.59 Å². The minimum Gasteiger partial charge on any atom is -0.466 e. The van der Waals surface area contributed by atoms with Gasteiger partial charge in [0.1, 0.15) is 0 Å². The van der Waals surface area contributed by atoms with Gasteiger partial charge >= 0.3 is 5.97 Å². The number of nitrogens with one attached hydrogen (secondary N) is 1. The molecule has 2 atom stereocenters. The lowest BCUT2D eigenvalue weighted by Crippen LogP contribution is -2.45. The Morgan fingerprint density at radius 2 is 0.505 bits per heavy atom. The van der Waals surface area contributed by atoms with Crippen molar-refractivity contribution >= 4 is 11.9 Å². The van der Waals surface area contributed by atoms with Crippen LogP contribution in [0.3, 0.4) is 0 Å². The predicted molar refractivity (Wildman–Crippen MR) is 412 cm³/mol. The lowest BCUT2D eigenvalue weighted by atomic mass is 10.0. The van der Waals surface area contributed by atoms with Crippen LogP contribution in [0.15, 0.2) is 36.5 Å². The predicted octanol–water partition coefficient (Wildman–Crippen LogP) is 28.6. The topological polar surface area (TPSA) is 95.9 Å². The molecule has 0 aliphatic rings. The number of carbonyl (C=O) groups is 2. The Morgan fingerprint density at radius 3 is 0.763 bits per heavy atom. The molecule has 0 saturated carbocycles. The zero-order valence-corrected chi connectivity index (χ0v) is 63.3. The van der Waals surface area contributed by atoms with Gasteiger partial charge in [0, 0.05) is 12.8 Å². The molecular weight excluding hydrogens is 1140 g/mol. The number of esters is 1. The highest BCUT2D eigenvalue weighted by Gasteiger charge is 2.18. The van der Waals surface area contributed by atoms with Crippen LogP contribution in [0.25, 0.3) is 0 Å². The van der Waals surface area contributed by atoms with Gasteiger partial charge in [-0.1, -0.05) is 423 Å². The summed E-state index contributed by atoms with van der Waals surface area (Å²) in [4.78, 5) is 24.7. The van der Waals surface area contributed by atoms with Gasteiger partial charge < -0.3 is 20.3 Å². The molecule has 0 rings (SSSR count). The number of unbranched alkanes of at least 4 members (excludes halogenated alkanes) is 66. The van der Waals surface area contributed by atoms with E-state index >= 15 is 0 Å². The monoisotopic (exact) mass is 1310 g/mol. The zero-order chi connectivity index (χ0) is 67.0. The molecule has 0 radical (unpaired) electrons. The molecule has 0 aliphatic carbocycles. The number of rotatable bonds is 81. The van der Waals surface area contributed by atoms with Crippen molar-refractivity contribution in [2.45, 2.75) is 495 Å². The average molecular weight is 1310 g/mol. The Balaban J connectivity index is 3.36. The highest BCUT2D eigenvalue weighted by Crippen LogP contribution is 2.20. The third-order valence-electron chi connectivity index (χ3n) is 20.1. The standard InChI is InChI=1S/C87H167NO5/c1-3-5-7-9-11-13-15-17-19-21-23-24-25-37-40-44-47-51-55-59-63-67-71-75-79-85(90)84(83-89)88-86(91)80-76-72-68-64-60-56-52-48-45-41-38-35-33-31-29-27-26-28-30-32-34-36-39-42-46-50-54-58-62-66-70-74-78-82-93-87(92)81-77-73-69-65-61-57-53-49-43-22-20-18-16-14-12-10-8-6-4-2/h18,20,30,32,75,79,84-85,89-90H,3-17,19,21-29,31,33-74,76-78,80-83H2,1-2H3,(H,88,91)/b20-18-,32-30-,79-75+. The summed E-state index contributed by atoms with van der Waals surface area (Å²) < 4.78 is 5.52. The first kappa shape index (κ1) is 91.1. The van der Waals surface area contributed by atoms with E-state index in [4.69, 9.17) is 4.74 Å². The molecule has 0 heterocycles. The molecule has 93 heavy (non-hydrogen) atoms. The zero-order valence-electron chi connectivity index (χ0n) is 63.3. The van der Waals surface area contributed by atoms with Gasteiger partial charge in [-0.15, -0.1) is 0 Å². The van der Waals surface area contributed by atoms with E-state index in [2.05, 4.69) is 43.5 Å². The van der Waals surface area contributed by atoms with Crippen LogP contribution in [-0.4, -0.2) is 47.4 Å². The third-order valence-corrected chi connectivity index (χ3v) is 20.1. The molecule has 2 unspecified atom stereocenters. The van der Waals surface area contributed by atoms with E-state index in [1.54, 1.807) is 6.08 Å². The van der Waals surface area contributed by atoms with Crippen molar-refractivity contribution < 1.29 is 24.5 Å². The number of carbonyl (C=O) groups excluding carboxylic acids is 2. The Kier molecular flexibility index (Phi) is 80.8. The van der Waals surface area contributed by atoms with Crippen molar-refractivity contribution in [3.63, 3.8) is 0 Å². The van der Waals surface area contributed by atoms with Crippen LogP contribution >= 0.6 is 0 Å². The molecule has 0 fully saturated rings. The molecule has 0 spiro atoms. The maximum atomic E-state index is 12.6. The molecule has 0 aromatic rings. The summed E-state index contributed by atoms with van der Waals surface area (Å²) in [6, 6.07) is -0.627. The lowest BCUT2D eigenvalue weighted by molar-refractivity contribution is -0.143. The van der Waals surface area contributed by atoms with E-state index in [0.29, 0.717) is 19.4 Å². The highest BCUT2D eigenvalue weighted by atomic mass is 16.5. The van der Waals surface area contributed by atoms with Crippen LogP contribution in [0.2, 0.25) is 0 Å². The smallest absolute Gasteiger partial charge is 0.305 e. The summed E-state index contributed by atoms with van der Waals surface area (Å²) in [6.45, 7) is 4.96. The molecule has 6 nitrogen and oxygen atoms in total. The van der Waals surface area contributed by atoms with E-state index in [1.165, 1.54) is 417 Å². The fraction of sp³-hybridized carbons (Fsp3) is 0.908. The van der Waals surface area contributed by atoms with Crippen LogP contribution in [0.1, 0.15) is 483 Å². The van der Waals surface area contributed by atoms with Crippen LogP contribution in [0.5, 0.6) is 0 Å². The molecule has 0 aromatic carbocycles. The first-order chi connectivity index (χ1) is 46.0. The Labute approximate surface area is 583 Å². The number of allylic oxidation sites excluding steroid dienone is 5. The molecule has 6 heteroatoms. The van der Waals surface area contributed by atoms with Crippen molar-refractivity contribution in [1.82, 2.24) is 5.32 Å². The summed E-state index contributed by atoms with van der Waals surface area (Å²) in [5, 5.41) is 23.3. The van der Waals surface area contributed by atoms with E-state index in [9.17, 15) is 19.8 Å². The third kappa shape index (κ3) is 79.0. The second kappa shape index (κ2) is 82.5. The first-order valence-electron chi connectivity index (χ1n) is 42.8. The van der Waals surface area contributed by atoms with Gasteiger partial charge in [0.2, 0.25) is 5.91 Å². The maximum Gasteiger partial charge on any atom is 0.305 e. The van der Waals surface area contributed by atoms with Crippen LogP contribution in [0.4, 0.5) is 0 Å². The second-order valence-corrected chi connectivity index (χ2v) is 29.5. The fourth-order valence-electron chi connectivity index (χ4n) is 13.6. The van der Waals surface area contributed by atoms with Gasteiger partial charge in [-0.05, 0) is 83.5 Å². The number of aliphatic hydroxyl groups excluding tert-OH is 2. The molecule has 0 saturated heterocycles. The van der Waals surface area contributed by atoms with Gasteiger partial charge in [0.15, 0.2) is 0 Å². The normalized spacial score (nSPS) is 12.6. The molecule has 550 valence electrons. The van der Waals surface area contributed by atoms with Gasteiger partial charge in [0.05, 0.1) is 25.4 Å². The summed E-state index contributed by atoms with van der Waals surface area (Å²) in [7, 11) is 0. The largest absolute Gasteiger partial charge is 0.466 e. The summed E-state index contributed by atoms with van der Waals surface area (Å²) in [5.41, 5.74) is 0. The van der Waals surface area contributed by atoms with Crippen molar-refractivity contribution in [2.24, 2.45) is 0 Å². The van der Waals surface area contributed by atoms with Crippen molar-refractivity contribution in [2.75, 3.05) is 13.2 Å². The number of aliphatic hydroxyl groups is 2. The molecular formula is C87H167NO5. The fourth-order valence-corrected chi connectivity index (χ4v) is 13.6. The van der Waals surface area contributed by atoms with Gasteiger partial charge in [-0.25, -0.2) is 0 Å². The minimum atomic E-state index is -0.844. The quantitative estimate of drug-likeness (QED) is 0.0320. The van der Waals surface area contributed by atoms with Crippen LogP contribution in [0, 0.1) is 0 Å². The molecule has 1 amide bonds. The number of hydrogen-bond donors (Lipinski definition) is 3. The number of ether oxygens (including phenoxy) is 1. The van der Waals surface area contributed by atoms with Crippen LogP contribution in [-0.2, 0) is 14.3 Å². The van der Waals surface area contributed by atoms with Crippen LogP contribution < -0.4 is 5.32 Å². The summed E-state index contributed by atoms with van der Waals surface area (Å²) in [6.07, 6.45) is 109. The summed E-state index contributed by atoms with van der Waals surface area (Å²) >= 11 is 0. The Hall–Kier alpha value is -1.92. The highest BCUT2D eigenvalue weighted by molar-refractivity contribution is 5.76. The minimum absolute atomic E-state index is 0.0191. The molecule has 0 aliphatic heterocycles. The van der Waals surface area contributed by atoms with E-state index in [1.807, 2.05) is 6.08 Å². The van der Waals surface area contributed by atoms with Gasteiger partial charge in [-0.2, -0.15) is 0 Å². The van der Waals surface area contributed by atoms with Crippen molar-refractivity contribution in [3.8, 4) is 0 Å². The molecule has 0 aromatic heterocycles. The maximum absolute atomic E-state index is 12.6. The summed E-state index contributed by atoms with van der Waals surface area (Å²) in [5.74, 6) is -0.0404. The first-order valence-corrected chi connectivity index (χ1v) is 42.8. The van der Waals surface area contributed by atoms with Gasteiger partial charge in [0.25, 0.3) is 0 Å². The average Bonchev–Trinajstić information content (AvgIpc) is 3.78. The van der Waals surface area contributed by atoms with E-state index in [-0.39, 0.29) is 18.5 Å². The Bertz CT molecular complexity index is 1510. The Morgan fingerprint density at radius 1 is 0.290 bits per heavy atom. The van der Waals surface area contributed by atoms with Crippen molar-refractivity contribution in [1.29, 1.82) is 0 Å². The van der Waals surface area contributed by atoms with E-state index < -0.39 is 12.1 Å². The number of hydrogen-bond acceptors (Lipinski definition) is 5.